The van der Waals surface area contributed by atoms with Crippen LogP contribution in [0.4, 0.5) is 0 Å². The maximum atomic E-state index is 12.4. The van der Waals surface area contributed by atoms with E-state index in [2.05, 4.69) is 27.9 Å². The first kappa shape index (κ1) is 14.7. The molecule has 1 saturated heterocycles. The number of amides is 1. The predicted molar refractivity (Wildman–Crippen MR) is 86.2 cm³/mol. The number of piperidine rings is 1. The third-order valence-electron chi connectivity index (χ3n) is 4.76. The van der Waals surface area contributed by atoms with Crippen molar-refractivity contribution < 1.29 is 4.79 Å². The lowest BCUT2D eigenvalue weighted by Crippen LogP contribution is -2.52. The minimum atomic E-state index is -0.371. The van der Waals surface area contributed by atoms with Crippen molar-refractivity contribution in [2.45, 2.75) is 37.4 Å². The third-order valence-corrected chi connectivity index (χ3v) is 5.00. The van der Waals surface area contributed by atoms with Gasteiger partial charge in [-0.2, -0.15) is 0 Å². The quantitative estimate of drug-likeness (QED) is 0.837. The number of benzene rings is 1. The number of nitrogens with one attached hydrogen (secondary N) is 2. The van der Waals surface area contributed by atoms with Gasteiger partial charge in [0.1, 0.15) is 0 Å². The van der Waals surface area contributed by atoms with E-state index in [1.807, 2.05) is 25.4 Å². The number of hydrogen-bond donors (Lipinski definition) is 2. The number of aromatic nitrogens is 3. The molecule has 6 nitrogen and oxygen atoms in total. The molecule has 2 aliphatic heterocycles. The number of fused-ring (bicyclic) bond motifs is 2. The Balaban J connectivity index is 1.75. The minimum absolute atomic E-state index is 0.0468. The highest BCUT2D eigenvalue weighted by atomic mass is 35.5. The summed E-state index contributed by atoms with van der Waals surface area (Å²) in [6, 6.07) is 5.88. The monoisotopic (exact) mass is 331 g/mol. The zero-order valence-corrected chi connectivity index (χ0v) is 13.8. The van der Waals surface area contributed by atoms with E-state index in [1.165, 1.54) is 0 Å². The first-order valence-corrected chi connectivity index (χ1v) is 8.09. The Morgan fingerprint density at radius 3 is 2.96 bits per heavy atom. The molecule has 1 aromatic heterocycles. The Hall–Kier alpha value is -1.92. The van der Waals surface area contributed by atoms with Gasteiger partial charge < -0.3 is 10.6 Å². The van der Waals surface area contributed by atoms with Gasteiger partial charge in [0.25, 0.3) is 5.91 Å². The second-order valence-corrected chi connectivity index (χ2v) is 7.01. The second-order valence-electron chi connectivity index (χ2n) is 6.57. The molecule has 1 amide bonds. The van der Waals surface area contributed by atoms with Gasteiger partial charge in [-0.25, -0.2) is 0 Å². The zero-order valence-electron chi connectivity index (χ0n) is 13.0. The summed E-state index contributed by atoms with van der Waals surface area (Å²) >= 11 is 6.06. The van der Waals surface area contributed by atoms with Gasteiger partial charge in [0.05, 0.1) is 17.3 Å². The standard InChI is InChI=1S/C16H18ClN5O/c1-9-6-16(7-13(18-9)14-8-22(2)21-20-14)12-4-3-10(17)5-11(12)15(23)19-16/h3-5,8-9,13,18H,6-7H2,1-2H3,(H,19,23)/t9-,13-,16?/m0/s1. The fourth-order valence-corrected chi connectivity index (χ4v) is 4.10. The molecule has 3 heterocycles. The van der Waals surface area contributed by atoms with Gasteiger partial charge in [-0.1, -0.05) is 22.9 Å². The summed E-state index contributed by atoms with van der Waals surface area (Å²) in [4.78, 5) is 12.4. The van der Waals surface area contributed by atoms with Crippen molar-refractivity contribution in [3.05, 3.63) is 46.2 Å². The Labute approximate surface area is 139 Å². The average Bonchev–Trinajstić information content (AvgIpc) is 3.02. The number of halogens is 1. The van der Waals surface area contributed by atoms with Crippen molar-refractivity contribution in [1.82, 2.24) is 25.6 Å². The van der Waals surface area contributed by atoms with Crippen molar-refractivity contribution in [2.24, 2.45) is 7.05 Å². The number of hydrogen-bond acceptors (Lipinski definition) is 4. The van der Waals surface area contributed by atoms with E-state index >= 15 is 0 Å². The molecule has 1 spiro atoms. The Kier molecular flexibility index (Phi) is 3.21. The van der Waals surface area contributed by atoms with E-state index < -0.39 is 0 Å². The lowest BCUT2D eigenvalue weighted by molar-refractivity contribution is 0.0884. The summed E-state index contributed by atoms with van der Waals surface area (Å²) in [6.07, 6.45) is 3.50. The summed E-state index contributed by atoms with van der Waals surface area (Å²) < 4.78 is 1.70. The largest absolute Gasteiger partial charge is 0.342 e. The molecule has 0 bridgehead atoms. The maximum absolute atomic E-state index is 12.4. The van der Waals surface area contributed by atoms with Gasteiger partial charge in [-0.05, 0) is 37.5 Å². The number of nitrogens with zero attached hydrogens (tertiary/aromatic N) is 3. The van der Waals surface area contributed by atoms with E-state index in [1.54, 1.807) is 10.7 Å². The molecule has 2 N–H and O–H groups in total. The molecule has 2 aliphatic rings. The minimum Gasteiger partial charge on any atom is -0.342 e. The second kappa shape index (κ2) is 5.04. The van der Waals surface area contributed by atoms with Crippen molar-refractivity contribution in [1.29, 1.82) is 0 Å². The van der Waals surface area contributed by atoms with E-state index in [9.17, 15) is 4.79 Å². The molecule has 1 fully saturated rings. The van der Waals surface area contributed by atoms with Gasteiger partial charge in [-0.3, -0.25) is 9.48 Å². The van der Waals surface area contributed by atoms with E-state index in [4.69, 9.17) is 11.6 Å². The smallest absolute Gasteiger partial charge is 0.252 e. The van der Waals surface area contributed by atoms with E-state index in [0.717, 1.165) is 24.1 Å². The average molecular weight is 332 g/mol. The highest BCUT2D eigenvalue weighted by molar-refractivity contribution is 6.31. The van der Waals surface area contributed by atoms with E-state index in [0.29, 0.717) is 10.6 Å². The van der Waals surface area contributed by atoms with Crippen LogP contribution < -0.4 is 10.6 Å². The van der Waals surface area contributed by atoms with Crippen LogP contribution in [0.25, 0.3) is 0 Å². The van der Waals surface area contributed by atoms with Crippen LogP contribution in [-0.2, 0) is 12.6 Å². The molecule has 0 saturated carbocycles. The molecule has 1 unspecified atom stereocenters. The Bertz CT molecular complexity index is 789. The summed E-state index contributed by atoms with van der Waals surface area (Å²) in [5.41, 5.74) is 2.25. The first-order chi connectivity index (χ1) is 11.0. The number of aryl methyl sites for hydroxylation is 1. The molecule has 1 aromatic carbocycles. The SMILES string of the molecule is C[C@H]1CC2(C[C@@H](c3cn(C)nn3)N1)NC(=O)c1cc(Cl)ccc12. The molecule has 23 heavy (non-hydrogen) atoms. The molecule has 7 heteroatoms. The maximum Gasteiger partial charge on any atom is 0.252 e. The van der Waals surface area contributed by atoms with Crippen molar-refractivity contribution >= 4 is 17.5 Å². The van der Waals surface area contributed by atoms with Gasteiger partial charge >= 0.3 is 0 Å². The molecular formula is C16H18ClN5O. The number of rotatable bonds is 1. The van der Waals surface area contributed by atoms with E-state index in [-0.39, 0.29) is 23.5 Å². The van der Waals surface area contributed by atoms with Gasteiger partial charge in [0, 0.05) is 29.9 Å². The molecule has 0 radical (unpaired) electrons. The van der Waals surface area contributed by atoms with Crippen molar-refractivity contribution in [2.75, 3.05) is 0 Å². The van der Waals surface area contributed by atoms with Crippen LogP contribution in [-0.4, -0.2) is 26.9 Å². The van der Waals surface area contributed by atoms with Gasteiger partial charge in [0.15, 0.2) is 0 Å². The van der Waals surface area contributed by atoms with Crippen molar-refractivity contribution in [3.63, 3.8) is 0 Å². The topological polar surface area (TPSA) is 71.8 Å². The van der Waals surface area contributed by atoms with Gasteiger partial charge in [-0.15, -0.1) is 5.10 Å². The number of carbonyl (C=O) groups is 1. The van der Waals surface area contributed by atoms with Crippen LogP contribution in [0.15, 0.2) is 24.4 Å². The molecule has 3 atom stereocenters. The number of carbonyl (C=O) groups excluding carboxylic acids is 1. The zero-order chi connectivity index (χ0) is 16.2. The summed E-state index contributed by atoms with van der Waals surface area (Å²) in [6.45, 7) is 2.13. The van der Waals surface area contributed by atoms with Crippen LogP contribution in [0, 0.1) is 0 Å². The summed E-state index contributed by atoms with van der Waals surface area (Å²) in [7, 11) is 1.85. The lowest BCUT2D eigenvalue weighted by Gasteiger charge is -2.42. The Morgan fingerprint density at radius 2 is 2.22 bits per heavy atom. The van der Waals surface area contributed by atoms with Crippen molar-refractivity contribution in [3.8, 4) is 0 Å². The molecule has 2 aromatic rings. The third kappa shape index (κ3) is 2.33. The molecule has 4 rings (SSSR count). The van der Waals surface area contributed by atoms with Gasteiger partial charge in [0.2, 0.25) is 0 Å². The summed E-state index contributed by atoms with van der Waals surface area (Å²) in [5, 5.41) is 15.6. The van der Waals surface area contributed by atoms with Crippen LogP contribution in [0.5, 0.6) is 0 Å². The van der Waals surface area contributed by atoms with Crippen LogP contribution >= 0.6 is 11.6 Å². The first-order valence-electron chi connectivity index (χ1n) is 7.72. The predicted octanol–water partition coefficient (Wildman–Crippen LogP) is 1.92. The van der Waals surface area contributed by atoms with Crippen LogP contribution in [0.3, 0.4) is 0 Å². The highest BCUT2D eigenvalue weighted by Gasteiger charge is 2.48. The van der Waals surface area contributed by atoms with Crippen LogP contribution in [0.2, 0.25) is 5.02 Å². The molecular weight excluding hydrogens is 314 g/mol. The normalized spacial score (nSPS) is 29.6. The Morgan fingerprint density at radius 1 is 1.39 bits per heavy atom. The lowest BCUT2D eigenvalue weighted by atomic mass is 9.76. The highest BCUT2D eigenvalue weighted by Crippen LogP contribution is 2.44. The fraction of sp³-hybridized carbons (Fsp3) is 0.438. The summed E-state index contributed by atoms with van der Waals surface area (Å²) in [5.74, 6) is -0.0468. The fourth-order valence-electron chi connectivity index (χ4n) is 3.93. The molecule has 120 valence electrons. The van der Waals surface area contributed by atoms with Crippen LogP contribution in [0.1, 0.15) is 47.4 Å². The molecule has 0 aliphatic carbocycles.